The van der Waals surface area contributed by atoms with Crippen molar-refractivity contribution in [2.24, 2.45) is 0 Å². The summed E-state index contributed by atoms with van der Waals surface area (Å²) >= 11 is 0. The summed E-state index contributed by atoms with van der Waals surface area (Å²) in [4.78, 5) is 23.0. The molecule has 2 rings (SSSR count). The molecular formula is C18H19FN2O2. The Morgan fingerprint density at radius 1 is 1.04 bits per heavy atom. The fourth-order valence-electron chi connectivity index (χ4n) is 2.22. The fourth-order valence-corrected chi connectivity index (χ4v) is 2.22. The topological polar surface area (TPSA) is 58.2 Å². The Hall–Kier alpha value is -2.69. The van der Waals surface area contributed by atoms with Crippen LogP contribution in [0.3, 0.4) is 0 Å². The maximum Gasteiger partial charge on any atom is 0.224 e. The van der Waals surface area contributed by atoms with Crippen LogP contribution in [0.15, 0.2) is 48.5 Å². The molecule has 0 aliphatic carbocycles. The Balaban J connectivity index is 1.91. The molecule has 2 amide bonds. The number of carbonyl (C=O) groups is 2. The number of halogens is 1. The Kier molecular flexibility index (Phi) is 5.46. The van der Waals surface area contributed by atoms with Gasteiger partial charge in [0, 0.05) is 12.6 Å². The molecule has 0 saturated carbocycles. The van der Waals surface area contributed by atoms with E-state index in [4.69, 9.17) is 0 Å². The van der Waals surface area contributed by atoms with E-state index in [1.165, 1.54) is 19.1 Å². The second kappa shape index (κ2) is 7.54. The van der Waals surface area contributed by atoms with Gasteiger partial charge in [-0.1, -0.05) is 24.3 Å². The monoisotopic (exact) mass is 314 g/mol. The first-order valence-corrected chi connectivity index (χ1v) is 7.35. The van der Waals surface area contributed by atoms with Crippen molar-refractivity contribution in [1.82, 2.24) is 5.32 Å². The van der Waals surface area contributed by atoms with Crippen LogP contribution in [-0.4, -0.2) is 11.8 Å². The first kappa shape index (κ1) is 16.7. The summed E-state index contributed by atoms with van der Waals surface area (Å²) in [6, 6.07) is 13.0. The molecule has 4 nitrogen and oxygen atoms in total. The fraction of sp³-hybridized carbons (Fsp3) is 0.222. The maximum absolute atomic E-state index is 12.9. The zero-order valence-corrected chi connectivity index (χ0v) is 13.1. The van der Waals surface area contributed by atoms with E-state index in [2.05, 4.69) is 10.6 Å². The molecule has 1 atom stereocenters. The molecule has 0 spiro atoms. The third kappa shape index (κ3) is 5.21. The highest BCUT2D eigenvalue weighted by molar-refractivity contribution is 5.88. The number of anilines is 1. The van der Waals surface area contributed by atoms with Crippen molar-refractivity contribution in [3.8, 4) is 0 Å². The van der Waals surface area contributed by atoms with Gasteiger partial charge in [-0.2, -0.15) is 0 Å². The van der Waals surface area contributed by atoms with E-state index in [-0.39, 0.29) is 30.1 Å². The maximum atomic E-state index is 12.9. The second-order valence-electron chi connectivity index (χ2n) is 5.40. The second-order valence-corrected chi connectivity index (χ2v) is 5.40. The summed E-state index contributed by atoms with van der Waals surface area (Å²) in [5.41, 5.74) is 2.39. The van der Waals surface area contributed by atoms with E-state index in [0.29, 0.717) is 5.69 Å². The third-order valence-corrected chi connectivity index (χ3v) is 3.39. The van der Waals surface area contributed by atoms with Crippen molar-refractivity contribution in [1.29, 1.82) is 0 Å². The SMILES string of the molecule is CC(=O)Nc1ccc(CC(=O)N[C@@H](C)c2ccc(F)cc2)cc1. The largest absolute Gasteiger partial charge is 0.349 e. The quantitative estimate of drug-likeness (QED) is 0.890. The van der Waals surface area contributed by atoms with Gasteiger partial charge in [0.2, 0.25) is 11.8 Å². The molecule has 2 aromatic carbocycles. The van der Waals surface area contributed by atoms with Gasteiger partial charge in [-0.05, 0) is 42.3 Å². The van der Waals surface area contributed by atoms with Gasteiger partial charge in [0.05, 0.1) is 12.5 Å². The molecule has 2 N–H and O–H groups in total. The molecule has 0 aromatic heterocycles. The van der Waals surface area contributed by atoms with Gasteiger partial charge in [-0.25, -0.2) is 4.39 Å². The van der Waals surface area contributed by atoms with Crippen LogP contribution in [0.5, 0.6) is 0 Å². The van der Waals surface area contributed by atoms with E-state index in [1.807, 2.05) is 6.92 Å². The number of carbonyl (C=O) groups excluding carboxylic acids is 2. The van der Waals surface area contributed by atoms with Crippen LogP contribution >= 0.6 is 0 Å². The summed E-state index contributed by atoms with van der Waals surface area (Å²) in [6.45, 7) is 3.29. The van der Waals surface area contributed by atoms with Crippen molar-refractivity contribution < 1.29 is 14.0 Å². The van der Waals surface area contributed by atoms with Crippen molar-refractivity contribution in [3.63, 3.8) is 0 Å². The average molecular weight is 314 g/mol. The van der Waals surface area contributed by atoms with Crippen LogP contribution in [0, 0.1) is 5.82 Å². The summed E-state index contributed by atoms with van der Waals surface area (Å²) in [5, 5.41) is 5.55. The van der Waals surface area contributed by atoms with Crippen molar-refractivity contribution in [2.75, 3.05) is 5.32 Å². The van der Waals surface area contributed by atoms with Gasteiger partial charge >= 0.3 is 0 Å². The van der Waals surface area contributed by atoms with Crippen LogP contribution in [0.4, 0.5) is 10.1 Å². The molecular weight excluding hydrogens is 295 g/mol. The summed E-state index contributed by atoms with van der Waals surface area (Å²) in [7, 11) is 0. The minimum Gasteiger partial charge on any atom is -0.349 e. The van der Waals surface area contributed by atoms with Crippen molar-refractivity contribution in [2.45, 2.75) is 26.3 Å². The van der Waals surface area contributed by atoms with E-state index >= 15 is 0 Å². The van der Waals surface area contributed by atoms with Crippen molar-refractivity contribution in [3.05, 3.63) is 65.5 Å². The minimum absolute atomic E-state index is 0.117. The molecule has 0 saturated heterocycles. The highest BCUT2D eigenvalue weighted by Crippen LogP contribution is 2.14. The lowest BCUT2D eigenvalue weighted by molar-refractivity contribution is -0.121. The van der Waals surface area contributed by atoms with Crippen LogP contribution < -0.4 is 10.6 Å². The lowest BCUT2D eigenvalue weighted by Gasteiger charge is -2.14. The van der Waals surface area contributed by atoms with Gasteiger partial charge in [0.15, 0.2) is 0 Å². The van der Waals surface area contributed by atoms with E-state index < -0.39 is 0 Å². The number of hydrogen-bond donors (Lipinski definition) is 2. The first-order valence-electron chi connectivity index (χ1n) is 7.35. The van der Waals surface area contributed by atoms with E-state index in [9.17, 15) is 14.0 Å². The van der Waals surface area contributed by atoms with Crippen LogP contribution in [0.25, 0.3) is 0 Å². The summed E-state index contributed by atoms with van der Waals surface area (Å²) < 4.78 is 12.9. The normalized spacial score (nSPS) is 11.6. The molecule has 0 radical (unpaired) electrons. The third-order valence-electron chi connectivity index (χ3n) is 3.39. The summed E-state index contributed by atoms with van der Waals surface area (Å²) in [5.74, 6) is -0.552. The zero-order valence-electron chi connectivity index (χ0n) is 13.1. The number of nitrogens with one attached hydrogen (secondary N) is 2. The molecule has 2 aromatic rings. The highest BCUT2D eigenvalue weighted by atomic mass is 19.1. The Morgan fingerprint density at radius 3 is 2.22 bits per heavy atom. The molecule has 5 heteroatoms. The van der Waals surface area contributed by atoms with Gasteiger partial charge < -0.3 is 10.6 Å². The van der Waals surface area contributed by atoms with Crippen molar-refractivity contribution >= 4 is 17.5 Å². The molecule has 0 heterocycles. The number of amides is 2. The molecule has 0 aliphatic rings. The Morgan fingerprint density at radius 2 is 1.65 bits per heavy atom. The molecule has 120 valence electrons. The van der Waals surface area contributed by atoms with Crippen LogP contribution in [-0.2, 0) is 16.0 Å². The molecule has 0 fully saturated rings. The van der Waals surface area contributed by atoms with Gasteiger partial charge in [-0.3, -0.25) is 9.59 Å². The molecule has 0 unspecified atom stereocenters. The highest BCUT2D eigenvalue weighted by Gasteiger charge is 2.10. The van der Waals surface area contributed by atoms with Crippen LogP contribution in [0.2, 0.25) is 0 Å². The van der Waals surface area contributed by atoms with Gasteiger partial charge in [0.25, 0.3) is 0 Å². The molecule has 0 bridgehead atoms. The smallest absolute Gasteiger partial charge is 0.224 e. The standard InChI is InChI=1S/C18H19FN2O2/c1-12(15-5-7-16(19)8-6-15)20-18(23)11-14-3-9-17(10-4-14)21-13(2)22/h3-10,12H,11H2,1-2H3,(H,20,23)(H,21,22)/t12-/m0/s1. The van der Waals surface area contributed by atoms with Gasteiger partial charge in [-0.15, -0.1) is 0 Å². The predicted octanol–water partition coefficient (Wildman–Crippen LogP) is 3.20. The zero-order chi connectivity index (χ0) is 16.8. The Bertz CT molecular complexity index is 681. The predicted molar refractivity (Wildman–Crippen MR) is 87.4 cm³/mol. The van der Waals surface area contributed by atoms with E-state index in [1.54, 1.807) is 36.4 Å². The van der Waals surface area contributed by atoms with Gasteiger partial charge in [0.1, 0.15) is 5.82 Å². The lowest BCUT2D eigenvalue weighted by atomic mass is 10.1. The number of rotatable bonds is 5. The number of benzene rings is 2. The minimum atomic E-state index is -0.300. The summed E-state index contributed by atoms with van der Waals surface area (Å²) in [6.07, 6.45) is 0.242. The van der Waals surface area contributed by atoms with E-state index in [0.717, 1.165) is 11.1 Å². The first-order chi connectivity index (χ1) is 10.9. The van der Waals surface area contributed by atoms with Crippen LogP contribution in [0.1, 0.15) is 31.0 Å². The Labute approximate surface area is 134 Å². The lowest BCUT2D eigenvalue weighted by Crippen LogP contribution is -2.28. The molecule has 0 aliphatic heterocycles. The molecule has 23 heavy (non-hydrogen) atoms. The average Bonchev–Trinajstić information content (AvgIpc) is 2.49. The number of hydrogen-bond acceptors (Lipinski definition) is 2.